The van der Waals surface area contributed by atoms with Crippen LogP contribution in [0.3, 0.4) is 0 Å². The van der Waals surface area contributed by atoms with Gasteiger partial charge in [0.2, 0.25) is 0 Å². The summed E-state index contributed by atoms with van der Waals surface area (Å²) in [6.45, 7) is 11.8. The van der Waals surface area contributed by atoms with Crippen LogP contribution in [0.25, 0.3) is 0 Å². The Morgan fingerprint density at radius 3 is 2.19 bits per heavy atom. The Balaban J connectivity index is 0.00000400. The van der Waals surface area contributed by atoms with Gasteiger partial charge >= 0.3 is 0 Å². The molecule has 0 radical (unpaired) electrons. The molecule has 0 aromatic rings. The first-order valence-electron chi connectivity index (χ1n) is 8.10. The Hall–Kier alpha value is -0.0400. The summed E-state index contributed by atoms with van der Waals surface area (Å²) >= 11 is 0. The van der Waals surface area contributed by atoms with E-state index in [4.69, 9.17) is 0 Å². The molecule has 1 aliphatic rings. The standard InChI is InChI=1S/C16H34N4.HI/c1-6-16(9-7-8-10-16)13-19-14(17-5)18-11-12-20-15(2,3)4;/h20H,6-13H2,1-5H3,(H2,17,18,19);1H. The zero-order chi connectivity index (χ0) is 15.1. The highest BCUT2D eigenvalue weighted by molar-refractivity contribution is 14.0. The molecule has 3 N–H and O–H groups in total. The highest BCUT2D eigenvalue weighted by atomic mass is 127. The number of guanidine groups is 1. The minimum Gasteiger partial charge on any atom is -0.356 e. The minimum atomic E-state index is 0. The van der Waals surface area contributed by atoms with Crippen molar-refractivity contribution in [1.82, 2.24) is 16.0 Å². The molecule has 1 fully saturated rings. The molecule has 0 unspecified atom stereocenters. The molecule has 0 aliphatic heterocycles. The number of nitrogens with one attached hydrogen (secondary N) is 3. The van der Waals surface area contributed by atoms with Crippen LogP contribution in [-0.4, -0.2) is 38.2 Å². The van der Waals surface area contributed by atoms with E-state index in [0.717, 1.165) is 25.6 Å². The first-order chi connectivity index (χ1) is 9.41. The second kappa shape index (κ2) is 9.87. The summed E-state index contributed by atoms with van der Waals surface area (Å²) in [7, 11) is 1.85. The second-order valence-electron chi connectivity index (χ2n) is 7.09. The highest BCUT2D eigenvalue weighted by Gasteiger charge is 2.31. The van der Waals surface area contributed by atoms with E-state index < -0.39 is 0 Å². The fourth-order valence-corrected chi connectivity index (χ4v) is 2.89. The maximum atomic E-state index is 4.32. The van der Waals surface area contributed by atoms with Crippen molar-refractivity contribution in [3.63, 3.8) is 0 Å². The van der Waals surface area contributed by atoms with E-state index in [1.165, 1.54) is 32.1 Å². The fourth-order valence-electron chi connectivity index (χ4n) is 2.89. The first-order valence-corrected chi connectivity index (χ1v) is 8.10. The summed E-state index contributed by atoms with van der Waals surface area (Å²) < 4.78 is 0. The Morgan fingerprint density at radius 2 is 1.71 bits per heavy atom. The third-order valence-corrected chi connectivity index (χ3v) is 4.34. The zero-order valence-corrected chi connectivity index (χ0v) is 16.8. The highest BCUT2D eigenvalue weighted by Crippen LogP contribution is 2.40. The summed E-state index contributed by atoms with van der Waals surface area (Å²) in [6.07, 6.45) is 6.76. The molecular formula is C16H35IN4. The van der Waals surface area contributed by atoms with Gasteiger partial charge in [-0.05, 0) is 45.4 Å². The van der Waals surface area contributed by atoms with Crippen LogP contribution in [0.15, 0.2) is 4.99 Å². The number of nitrogens with zero attached hydrogens (tertiary/aromatic N) is 1. The van der Waals surface area contributed by atoms with Crippen molar-refractivity contribution < 1.29 is 0 Å². The van der Waals surface area contributed by atoms with Gasteiger partial charge in [-0.25, -0.2) is 0 Å². The molecule has 1 rings (SSSR count). The first kappa shape index (κ1) is 21.0. The molecule has 0 amide bonds. The van der Waals surface area contributed by atoms with Gasteiger partial charge in [-0.15, -0.1) is 24.0 Å². The van der Waals surface area contributed by atoms with E-state index in [9.17, 15) is 0 Å². The number of halogens is 1. The lowest BCUT2D eigenvalue weighted by Gasteiger charge is -2.28. The Morgan fingerprint density at radius 1 is 1.10 bits per heavy atom. The van der Waals surface area contributed by atoms with Crippen molar-refractivity contribution in [3.8, 4) is 0 Å². The average molecular weight is 410 g/mol. The quantitative estimate of drug-likeness (QED) is 0.273. The minimum absolute atomic E-state index is 0. The van der Waals surface area contributed by atoms with Crippen LogP contribution < -0.4 is 16.0 Å². The predicted molar refractivity (Wildman–Crippen MR) is 104 cm³/mol. The Labute approximate surface area is 148 Å². The largest absolute Gasteiger partial charge is 0.356 e. The Kier molecular flexibility index (Phi) is 9.85. The van der Waals surface area contributed by atoms with Crippen LogP contribution >= 0.6 is 24.0 Å². The van der Waals surface area contributed by atoms with Gasteiger partial charge in [-0.3, -0.25) is 4.99 Å². The van der Waals surface area contributed by atoms with Gasteiger partial charge in [0.15, 0.2) is 5.96 Å². The molecule has 5 heteroatoms. The molecule has 0 atom stereocenters. The van der Waals surface area contributed by atoms with Crippen LogP contribution in [0.1, 0.15) is 59.8 Å². The van der Waals surface area contributed by atoms with Crippen molar-refractivity contribution in [3.05, 3.63) is 0 Å². The van der Waals surface area contributed by atoms with Crippen LogP contribution in [0, 0.1) is 5.41 Å². The topological polar surface area (TPSA) is 48.5 Å². The van der Waals surface area contributed by atoms with Crippen molar-refractivity contribution >= 4 is 29.9 Å². The maximum Gasteiger partial charge on any atom is 0.191 e. The monoisotopic (exact) mass is 410 g/mol. The summed E-state index contributed by atoms with van der Waals surface area (Å²) in [4.78, 5) is 4.32. The van der Waals surface area contributed by atoms with Gasteiger partial charge in [0.25, 0.3) is 0 Å². The van der Waals surface area contributed by atoms with E-state index in [2.05, 4.69) is 48.6 Å². The average Bonchev–Trinajstić information content (AvgIpc) is 2.86. The molecule has 4 nitrogen and oxygen atoms in total. The molecule has 0 heterocycles. The molecule has 21 heavy (non-hydrogen) atoms. The van der Waals surface area contributed by atoms with Crippen LogP contribution in [0.4, 0.5) is 0 Å². The van der Waals surface area contributed by atoms with E-state index >= 15 is 0 Å². The molecule has 0 saturated heterocycles. The summed E-state index contributed by atoms with van der Waals surface area (Å²) in [5.74, 6) is 0.931. The lowest BCUT2D eigenvalue weighted by atomic mass is 9.83. The lowest BCUT2D eigenvalue weighted by molar-refractivity contribution is 0.283. The van der Waals surface area contributed by atoms with Gasteiger partial charge in [0.05, 0.1) is 0 Å². The molecule has 1 aliphatic carbocycles. The normalized spacial score (nSPS) is 18.2. The molecule has 0 aromatic heterocycles. The number of hydrogen-bond acceptors (Lipinski definition) is 2. The van der Waals surface area contributed by atoms with E-state index in [0.29, 0.717) is 5.41 Å². The molecule has 0 bridgehead atoms. The molecule has 0 spiro atoms. The van der Waals surface area contributed by atoms with Crippen LogP contribution in [-0.2, 0) is 0 Å². The smallest absolute Gasteiger partial charge is 0.191 e. The van der Waals surface area contributed by atoms with Gasteiger partial charge in [-0.1, -0.05) is 19.8 Å². The Bertz CT molecular complexity index is 304. The van der Waals surface area contributed by atoms with Gasteiger partial charge in [0, 0.05) is 32.2 Å². The summed E-state index contributed by atoms with van der Waals surface area (Å²) in [5, 5.41) is 10.4. The second-order valence-corrected chi connectivity index (χ2v) is 7.09. The molecule has 1 saturated carbocycles. The van der Waals surface area contributed by atoms with Crippen molar-refractivity contribution in [2.45, 2.75) is 65.3 Å². The molecular weight excluding hydrogens is 375 g/mol. The number of rotatable bonds is 6. The van der Waals surface area contributed by atoms with E-state index in [1.807, 2.05) is 7.05 Å². The summed E-state index contributed by atoms with van der Waals surface area (Å²) in [6, 6.07) is 0. The maximum absolute atomic E-state index is 4.32. The van der Waals surface area contributed by atoms with Crippen molar-refractivity contribution in [2.75, 3.05) is 26.7 Å². The number of hydrogen-bond donors (Lipinski definition) is 3. The third-order valence-electron chi connectivity index (χ3n) is 4.34. The van der Waals surface area contributed by atoms with Gasteiger partial charge in [0.1, 0.15) is 0 Å². The van der Waals surface area contributed by atoms with Crippen molar-refractivity contribution in [2.24, 2.45) is 10.4 Å². The third kappa shape index (κ3) is 8.24. The van der Waals surface area contributed by atoms with Crippen molar-refractivity contribution in [1.29, 1.82) is 0 Å². The molecule has 126 valence electrons. The van der Waals surface area contributed by atoms with Gasteiger partial charge in [-0.2, -0.15) is 0 Å². The van der Waals surface area contributed by atoms with Crippen LogP contribution in [0.5, 0.6) is 0 Å². The fraction of sp³-hybridized carbons (Fsp3) is 0.938. The van der Waals surface area contributed by atoms with Crippen LogP contribution in [0.2, 0.25) is 0 Å². The SMILES string of the molecule is CCC1(CNC(=NC)NCCNC(C)(C)C)CCCC1.I. The lowest BCUT2D eigenvalue weighted by Crippen LogP contribution is -2.46. The predicted octanol–water partition coefficient (Wildman–Crippen LogP) is 3.13. The zero-order valence-electron chi connectivity index (χ0n) is 14.5. The van der Waals surface area contributed by atoms with Gasteiger partial charge < -0.3 is 16.0 Å². The molecule has 0 aromatic carbocycles. The van der Waals surface area contributed by atoms with E-state index in [1.54, 1.807) is 0 Å². The van der Waals surface area contributed by atoms with E-state index in [-0.39, 0.29) is 29.5 Å². The summed E-state index contributed by atoms with van der Waals surface area (Å²) in [5.41, 5.74) is 0.677. The number of aliphatic imine (C=N–C) groups is 1.